The van der Waals surface area contributed by atoms with Gasteiger partial charge in [0.05, 0.1) is 5.69 Å². The predicted octanol–water partition coefficient (Wildman–Crippen LogP) is 1.98. The molecule has 0 saturated carbocycles. The van der Waals surface area contributed by atoms with E-state index in [4.69, 9.17) is 5.73 Å². The van der Waals surface area contributed by atoms with Gasteiger partial charge in [-0.1, -0.05) is 24.0 Å². The van der Waals surface area contributed by atoms with E-state index < -0.39 is 5.60 Å². The number of carbonyl (C=O) groups is 1. The van der Waals surface area contributed by atoms with Gasteiger partial charge in [0.25, 0.3) is 5.91 Å². The maximum atomic E-state index is 12.1. The highest BCUT2D eigenvalue weighted by atomic mass is 79.9. The van der Waals surface area contributed by atoms with Crippen molar-refractivity contribution in [3.05, 3.63) is 46.7 Å². The third-order valence-corrected chi connectivity index (χ3v) is 5.26. The average molecular weight is 438 g/mol. The van der Waals surface area contributed by atoms with E-state index in [9.17, 15) is 9.90 Å². The van der Waals surface area contributed by atoms with Crippen LogP contribution in [0.25, 0.3) is 22.3 Å². The summed E-state index contributed by atoms with van der Waals surface area (Å²) in [6, 6.07) is 9.26. The zero-order valence-corrected chi connectivity index (χ0v) is 16.6. The number of rotatable bonds is 1. The summed E-state index contributed by atoms with van der Waals surface area (Å²) in [7, 11) is 1.65. The van der Waals surface area contributed by atoms with Crippen LogP contribution in [0.3, 0.4) is 0 Å². The number of amides is 1. The summed E-state index contributed by atoms with van der Waals surface area (Å²) in [6.45, 7) is 0.489. The first-order valence-corrected chi connectivity index (χ1v) is 9.35. The van der Waals surface area contributed by atoms with Gasteiger partial charge in [-0.15, -0.1) is 0 Å². The lowest BCUT2D eigenvalue weighted by molar-refractivity contribution is -0.137. The van der Waals surface area contributed by atoms with Crippen LogP contribution < -0.4 is 5.73 Å². The van der Waals surface area contributed by atoms with Crippen LogP contribution in [0.4, 0.5) is 5.82 Å². The standard InChI is InChI=1S/C20H16BrN5O2/c1-26-8-7-20(28,19(26)27)6-5-12-3-2-4-13(9-12)15-10-14(21)16-17(25-15)18(22)24-11-23-16/h2-4,9-11,28H,7-8H2,1H3,(H2,22,23,24)/t20-/m1/s1. The average Bonchev–Trinajstić information content (AvgIpc) is 2.95. The molecule has 1 fully saturated rings. The lowest BCUT2D eigenvalue weighted by atomic mass is 10.0. The molecular formula is C20H16BrN5O2. The zero-order valence-electron chi connectivity index (χ0n) is 15.0. The van der Waals surface area contributed by atoms with Gasteiger partial charge >= 0.3 is 0 Å². The van der Waals surface area contributed by atoms with Gasteiger partial charge < -0.3 is 15.7 Å². The Morgan fingerprint density at radius 3 is 2.86 bits per heavy atom. The molecule has 1 saturated heterocycles. The molecule has 0 aliphatic carbocycles. The van der Waals surface area contributed by atoms with Crippen LogP contribution in [-0.4, -0.2) is 50.1 Å². The predicted molar refractivity (Wildman–Crippen MR) is 109 cm³/mol. The van der Waals surface area contributed by atoms with Crippen molar-refractivity contribution in [2.45, 2.75) is 12.0 Å². The van der Waals surface area contributed by atoms with Gasteiger partial charge in [-0.2, -0.15) is 0 Å². The lowest BCUT2D eigenvalue weighted by Crippen LogP contribution is -2.37. The van der Waals surface area contributed by atoms with Crippen LogP contribution in [-0.2, 0) is 4.79 Å². The molecule has 0 bridgehead atoms. The Bertz CT molecular complexity index is 1170. The van der Waals surface area contributed by atoms with Gasteiger partial charge in [0.2, 0.25) is 5.60 Å². The molecule has 1 atom stereocenters. The number of benzene rings is 1. The molecule has 3 N–H and O–H groups in total. The Balaban J connectivity index is 1.73. The third kappa shape index (κ3) is 3.19. The quantitative estimate of drug-likeness (QED) is 0.563. The van der Waals surface area contributed by atoms with Crippen molar-refractivity contribution in [1.29, 1.82) is 0 Å². The number of hydrogen-bond acceptors (Lipinski definition) is 6. The van der Waals surface area contributed by atoms with Crippen molar-refractivity contribution in [2.24, 2.45) is 0 Å². The molecule has 0 spiro atoms. The first kappa shape index (κ1) is 18.3. The molecule has 1 amide bonds. The van der Waals surface area contributed by atoms with Crippen molar-refractivity contribution in [3.63, 3.8) is 0 Å². The second-order valence-electron chi connectivity index (χ2n) is 6.61. The van der Waals surface area contributed by atoms with Gasteiger partial charge in [0.15, 0.2) is 5.82 Å². The van der Waals surface area contributed by atoms with Gasteiger partial charge in [0, 0.05) is 35.6 Å². The van der Waals surface area contributed by atoms with Gasteiger partial charge in [-0.25, -0.2) is 15.0 Å². The van der Waals surface area contributed by atoms with E-state index in [0.29, 0.717) is 41.1 Å². The molecule has 0 unspecified atom stereocenters. The number of halogens is 1. The SMILES string of the molecule is CN1CC[C@](O)(C#Cc2cccc(-c3cc(Br)c4ncnc(N)c4n3)c2)C1=O. The second kappa shape index (κ2) is 6.86. The van der Waals surface area contributed by atoms with Crippen LogP contribution in [0, 0.1) is 11.8 Å². The molecule has 8 heteroatoms. The van der Waals surface area contributed by atoms with Crippen molar-refractivity contribution in [1.82, 2.24) is 19.9 Å². The van der Waals surface area contributed by atoms with E-state index in [2.05, 4.69) is 42.7 Å². The molecule has 1 aliphatic heterocycles. The molecule has 7 nitrogen and oxygen atoms in total. The fourth-order valence-electron chi connectivity index (χ4n) is 3.07. The van der Waals surface area contributed by atoms with Crippen molar-refractivity contribution in [2.75, 3.05) is 19.3 Å². The number of nitrogen functional groups attached to an aromatic ring is 1. The minimum atomic E-state index is -1.62. The van der Waals surface area contributed by atoms with E-state index in [1.807, 2.05) is 30.3 Å². The number of aliphatic hydroxyl groups is 1. The van der Waals surface area contributed by atoms with Crippen LogP contribution in [0.2, 0.25) is 0 Å². The highest BCUT2D eigenvalue weighted by Gasteiger charge is 2.42. The fourth-order valence-corrected chi connectivity index (χ4v) is 3.57. The zero-order chi connectivity index (χ0) is 19.9. The molecule has 1 aromatic carbocycles. The highest BCUT2D eigenvalue weighted by molar-refractivity contribution is 9.10. The maximum absolute atomic E-state index is 12.1. The van der Waals surface area contributed by atoms with Crippen molar-refractivity contribution in [3.8, 4) is 23.1 Å². The van der Waals surface area contributed by atoms with Gasteiger partial charge in [-0.3, -0.25) is 4.79 Å². The smallest absolute Gasteiger partial charge is 0.267 e. The number of aromatic nitrogens is 3. The number of hydrogen-bond donors (Lipinski definition) is 2. The summed E-state index contributed by atoms with van der Waals surface area (Å²) in [5.74, 6) is 5.57. The van der Waals surface area contributed by atoms with E-state index >= 15 is 0 Å². The number of likely N-dealkylation sites (N-methyl/N-ethyl adjacent to an activating group) is 1. The largest absolute Gasteiger partial charge is 0.382 e. The number of likely N-dealkylation sites (tertiary alicyclic amines) is 1. The summed E-state index contributed by atoms with van der Waals surface area (Å²) in [5, 5.41) is 10.5. The fraction of sp³-hybridized carbons (Fsp3) is 0.200. The summed E-state index contributed by atoms with van der Waals surface area (Å²) in [5.41, 5.74) is 7.63. The summed E-state index contributed by atoms with van der Waals surface area (Å²) >= 11 is 3.50. The lowest BCUT2D eigenvalue weighted by Gasteiger charge is -2.13. The molecule has 1 aliphatic rings. The molecule has 3 aromatic rings. The van der Waals surface area contributed by atoms with Crippen LogP contribution in [0.15, 0.2) is 41.1 Å². The first-order valence-electron chi connectivity index (χ1n) is 8.56. The van der Waals surface area contributed by atoms with E-state index in [1.54, 1.807) is 7.05 Å². The van der Waals surface area contributed by atoms with Crippen LogP contribution in [0.5, 0.6) is 0 Å². The summed E-state index contributed by atoms with van der Waals surface area (Å²) in [4.78, 5) is 26.3. The number of pyridine rings is 1. The Kier molecular flexibility index (Phi) is 4.49. The minimum Gasteiger partial charge on any atom is -0.382 e. The number of nitrogens with two attached hydrogens (primary N) is 1. The van der Waals surface area contributed by atoms with Crippen LogP contribution in [0.1, 0.15) is 12.0 Å². The Hall–Kier alpha value is -3.02. The number of carbonyl (C=O) groups excluding carboxylic acids is 1. The van der Waals surface area contributed by atoms with E-state index in [-0.39, 0.29) is 5.91 Å². The second-order valence-corrected chi connectivity index (χ2v) is 7.47. The highest BCUT2D eigenvalue weighted by Crippen LogP contribution is 2.29. The molecular weight excluding hydrogens is 422 g/mol. The molecule has 28 heavy (non-hydrogen) atoms. The molecule has 4 rings (SSSR count). The van der Waals surface area contributed by atoms with Crippen molar-refractivity contribution >= 4 is 38.7 Å². The maximum Gasteiger partial charge on any atom is 0.267 e. The normalized spacial score (nSPS) is 19.0. The number of fused-ring (bicyclic) bond motifs is 1. The topological polar surface area (TPSA) is 105 Å². The van der Waals surface area contributed by atoms with Crippen molar-refractivity contribution < 1.29 is 9.90 Å². The first-order chi connectivity index (χ1) is 13.4. The van der Waals surface area contributed by atoms with E-state index in [0.717, 1.165) is 10.0 Å². The molecule has 2 aromatic heterocycles. The summed E-state index contributed by atoms with van der Waals surface area (Å²) in [6.07, 6.45) is 1.69. The minimum absolute atomic E-state index is 0.299. The van der Waals surface area contributed by atoms with Gasteiger partial charge in [0.1, 0.15) is 17.4 Å². The molecule has 0 radical (unpaired) electrons. The van der Waals surface area contributed by atoms with E-state index in [1.165, 1.54) is 11.2 Å². The Morgan fingerprint density at radius 1 is 1.29 bits per heavy atom. The summed E-state index contributed by atoms with van der Waals surface area (Å²) < 4.78 is 0.756. The molecule has 3 heterocycles. The van der Waals surface area contributed by atoms with Crippen LogP contribution >= 0.6 is 15.9 Å². The monoisotopic (exact) mass is 437 g/mol. The number of anilines is 1. The number of nitrogens with zero attached hydrogens (tertiary/aromatic N) is 4. The third-order valence-electron chi connectivity index (χ3n) is 4.65. The molecule has 140 valence electrons. The van der Waals surface area contributed by atoms with Gasteiger partial charge in [-0.05, 0) is 34.1 Å². The Labute approximate surface area is 169 Å². The Morgan fingerprint density at radius 2 is 2.11 bits per heavy atom.